The van der Waals surface area contributed by atoms with Gasteiger partial charge < -0.3 is 10.8 Å². The molecule has 17 heavy (non-hydrogen) atoms. The van der Waals surface area contributed by atoms with Crippen LogP contribution in [0, 0.1) is 5.41 Å². The van der Waals surface area contributed by atoms with Gasteiger partial charge in [-0.05, 0) is 18.4 Å². The molecule has 0 aliphatic rings. The van der Waals surface area contributed by atoms with Gasteiger partial charge in [-0.25, -0.2) is 0 Å². The standard InChI is InChI=1S/C15H25NO/c1-4-14(3,12-16)15(17,5-2)11-13-9-7-6-8-10-13/h6-10,17H,4-5,11-12,16H2,1-3H3. The van der Waals surface area contributed by atoms with Crippen molar-refractivity contribution in [1.82, 2.24) is 0 Å². The lowest BCUT2D eigenvalue weighted by molar-refractivity contribution is -0.0765. The van der Waals surface area contributed by atoms with Gasteiger partial charge in [0, 0.05) is 18.4 Å². The maximum Gasteiger partial charge on any atom is 0.0750 e. The highest BCUT2D eigenvalue weighted by Crippen LogP contribution is 2.38. The number of aliphatic hydroxyl groups is 1. The molecule has 0 aromatic heterocycles. The second-order valence-corrected chi connectivity index (χ2v) is 5.17. The summed E-state index contributed by atoms with van der Waals surface area (Å²) < 4.78 is 0. The van der Waals surface area contributed by atoms with E-state index in [2.05, 4.69) is 26.0 Å². The third-order valence-corrected chi connectivity index (χ3v) is 4.28. The number of hydrogen-bond acceptors (Lipinski definition) is 2. The van der Waals surface area contributed by atoms with Crippen LogP contribution in [0.5, 0.6) is 0 Å². The molecule has 2 atom stereocenters. The van der Waals surface area contributed by atoms with Gasteiger partial charge in [-0.3, -0.25) is 0 Å². The second kappa shape index (κ2) is 5.65. The van der Waals surface area contributed by atoms with Crippen molar-refractivity contribution in [2.75, 3.05) is 6.54 Å². The lowest BCUT2D eigenvalue weighted by Crippen LogP contribution is -2.51. The first-order valence-electron chi connectivity index (χ1n) is 6.47. The Morgan fingerprint density at radius 1 is 1.12 bits per heavy atom. The van der Waals surface area contributed by atoms with Crippen molar-refractivity contribution in [3.05, 3.63) is 35.9 Å². The molecule has 0 aliphatic carbocycles. The minimum absolute atomic E-state index is 0.225. The fraction of sp³-hybridized carbons (Fsp3) is 0.600. The van der Waals surface area contributed by atoms with E-state index in [9.17, 15) is 5.11 Å². The van der Waals surface area contributed by atoms with E-state index in [1.54, 1.807) is 0 Å². The van der Waals surface area contributed by atoms with Crippen LogP contribution in [-0.4, -0.2) is 17.3 Å². The Morgan fingerprint density at radius 3 is 2.12 bits per heavy atom. The average Bonchev–Trinajstić information content (AvgIpc) is 2.38. The molecule has 1 aromatic rings. The molecule has 1 aromatic carbocycles. The third-order valence-electron chi connectivity index (χ3n) is 4.28. The van der Waals surface area contributed by atoms with Gasteiger partial charge in [-0.15, -0.1) is 0 Å². The van der Waals surface area contributed by atoms with Crippen molar-refractivity contribution in [2.45, 2.75) is 45.6 Å². The fourth-order valence-electron chi connectivity index (χ4n) is 2.36. The van der Waals surface area contributed by atoms with Gasteiger partial charge in [-0.2, -0.15) is 0 Å². The van der Waals surface area contributed by atoms with Gasteiger partial charge in [0.25, 0.3) is 0 Å². The molecule has 0 spiro atoms. The van der Waals surface area contributed by atoms with Crippen molar-refractivity contribution in [1.29, 1.82) is 0 Å². The summed E-state index contributed by atoms with van der Waals surface area (Å²) in [7, 11) is 0. The van der Waals surface area contributed by atoms with Crippen LogP contribution in [0.25, 0.3) is 0 Å². The minimum atomic E-state index is -0.724. The zero-order valence-electron chi connectivity index (χ0n) is 11.2. The molecule has 0 saturated heterocycles. The first-order valence-corrected chi connectivity index (χ1v) is 6.47. The van der Waals surface area contributed by atoms with E-state index in [4.69, 9.17) is 5.73 Å². The van der Waals surface area contributed by atoms with Gasteiger partial charge in [0.1, 0.15) is 0 Å². The molecule has 96 valence electrons. The molecule has 2 heteroatoms. The Kier molecular flexibility index (Phi) is 4.72. The van der Waals surface area contributed by atoms with Crippen LogP contribution in [-0.2, 0) is 6.42 Å². The van der Waals surface area contributed by atoms with E-state index >= 15 is 0 Å². The molecule has 0 saturated carbocycles. The van der Waals surface area contributed by atoms with E-state index in [-0.39, 0.29) is 5.41 Å². The van der Waals surface area contributed by atoms with Crippen molar-refractivity contribution < 1.29 is 5.11 Å². The third kappa shape index (κ3) is 2.88. The van der Waals surface area contributed by atoms with E-state index < -0.39 is 5.60 Å². The summed E-state index contributed by atoms with van der Waals surface area (Å²) in [6.07, 6.45) is 2.29. The summed E-state index contributed by atoms with van der Waals surface area (Å²) in [5.74, 6) is 0. The van der Waals surface area contributed by atoms with Crippen LogP contribution >= 0.6 is 0 Å². The van der Waals surface area contributed by atoms with E-state index in [0.717, 1.165) is 12.8 Å². The van der Waals surface area contributed by atoms with Gasteiger partial charge in [0.2, 0.25) is 0 Å². The monoisotopic (exact) mass is 235 g/mol. The quantitative estimate of drug-likeness (QED) is 0.796. The molecule has 0 heterocycles. The summed E-state index contributed by atoms with van der Waals surface area (Å²) >= 11 is 0. The number of rotatable bonds is 6. The summed E-state index contributed by atoms with van der Waals surface area (Å²) in [5.41, 5.74) is 6.10. The topological polar surface area (TPSA) is 46.2 Å². The van der Waals surface area contributed by atoms with E-state index in [0.29, 0.717) is 13.0 Å². The first-order chi connectivity index (χ1) is 8.01. The van der Waals surface area contributed by atoms with Gasteiger partial charge in [0.05, 0.1) is 5.60 Å². The molecule has 0 bridgehead atoms. The smallest absolute Gasteiger partial charge is 0.0750 e. The Morgan fingerprint density at radius 2 is 1.71 bits per heavy atom. The lowest BCUT2D eigenvalue weighted by Gasteiger charge is -2.44. The summed E-state index contributed by atoms with van der Waals surface area (Å²) in [6.45, 7) is 6.73. The molecule has 2 unspecified atom stereocenters. The van der Waals surface area contributed by atoms with Crippen molar-refractivity contribution in [3.8, 4) is 0 Å². The van der Waals surface area contributed by atoms with Crippen LogP contribution < -0.4 is 5.73 Å². The molecule has 3 N–H and O–H groups in total. The highest BCUT2D eigenvalue weighted by atomic mass is 16.3. The second-order valence-electron chi connectivity index (χ2n) is 5.17. The highest BCUT2D eigenvalue weighted by molar-refractivity contribution is 5.18. The van der Waals surface area contributed by atoms with Crippen LogP contribution in [0.4, 0.5) is 0 Å². The van der Waals surface area contributed by atoms with Crippen LogP contribution in [0.1, 0.15) is 39.2 Å². The van der Waals surface area contributed by atoms with Gasteiger partial charge in [0.15, 0.2) is 0 Å². The predicted octanol–water partition coefficient (Wildman–Crippen LogP) is 2.75. The Hall–Kier alpha value is -0.860. The van der Waals surface area contributed by atoms with E-state index in [1.807, 2.05) is 25.1 Å². The molecule has 0 amide bonds. The first kappa shape index (κ1) is 14.2. The van der Waals surface area contributed by atoms with Crippen molar-refractivity contribution in [3.63, 3.8) is 0 Å². The zero-order valence-corrected chi connectivity index (χ0v) is 11.2. The largest absolute Gasteiger partial charge is 0.389 e. The SMILES string of the molecule is CCC(C)(CN)C(O)(CC)Cc1ccccc1. The summed E-state index contributed by atoms with van der Waals surface area (Å²) in [6, 6.07) is 10.1. The molecule has 1 rings (SSSR count). The van der Waals surface area contributed by atoms with Crippen molar-refractivity contribution in [2.24, 2.45) is 11.1 Å². The van der Waals surface area contributed by atoms with Crippen LogP contribution in [0.3, 0.4) is 0 Å². The minimum Gasteiger partial charge on any atom is -0.389 e. The van der Waals surface area contributed by atoms with Gasteiger partial charge in [-0.1, -0.05) is 51.1 Å². The highest BCUT2D eigenvalue weighted by Gasteiger charge is 2.43. The molecular formula is C15H25NO. The van der Waals surface area contributed by atoms with Crippen molar-refractivity contribution >= 4 is 0 Å². The molecule has 0 fully saturated rings. The number of nitrogens with two attached hydrogens (primary N) is 1. The van der Waals surface area contributed by atoms with Crippen LogP contribution in [0.15, 0.2) is 30.3 Å². The molecule has 0 aliphatic heterocycles. The Labute approximate surface area is 105 Å². The Bertz CT molecular complexity index is 332. The fourth-order valence-corrected chi connectivity index (χ4v) is 2.36. The van der Waals surface area contributed by atoms with E-state index in [1.165, 1.54) is 5.56 Å². The number of benzene rings is 1. The molecule has 0 radical (unpaired) electrons. The number of hydrogen-bond donors (Lipinski definition) is 2. The molecule has 2 nitrogen and oxygen atoms in total. The predicted molar refractivity (Wildman–Crippen MR) is 72.8 cm³/mol. The van der Waals surface area contributed by atoms with Crippen LogP contribution in [0.2, 0.25) is 0 Å². The lowest BCUT2D eigenvalue weighted by atomic mass is 9.67. The average molecular weight is 235 g/mol. The zero-order chi connectivity index (χ0) is 12.9. The van der Waals surface area contributed by atoms with Gasteiger partial charge >= 0.3 is 0 Å². The maximum atomic E-state index is 10.9. The Balaban J connectivity index is 2.96. The maximum absolute atomic E-state index is 10.9. The normalized spacial score (nSPS) is 18.4. The summed E-state index contributed by atoms with van der Waals surface area (Å²) in [5, 5.41) is 10.9. The molecular weight excluding hydrogens is 210 g/mol. The summed E-state index contributed by atoms with van der Waals surface area (Å²) in [4.78, 5) is 0.